The van der Waals surface area contributed by atoms with Gasteiger partial charge >= 0.3 is 5.97 Å². The van der Waals surface area contributed by atoms with Crippen LogP contribution in [0.5, 0.6) is 0 Å². The Morgan fingerprint density at radius 1 is 1.16 bits per heavy atom. The van der Waals surface area contributed by atoms with Crippen LogP contribution >= 0.6 is 23.2 Å². The number of halogens is 2. The molecule has 2 heterocycles. The van der Waals surface area contributed by atoms with Gasteiger partial charge in [0.25, 0.3) is 0 Å². The quantitative estimate of drug-likeness (QED) is 0.436. The maximum Gasteiger partial charge on any atom is 0.304 e. The van der Waals surface area contributed by atoms with E-state index in [-0.39, 0.29) is 30.3 Å². The smallest absolute Gasteiger partial charge is 0.304 e. The first-order valence-corrected chi connectivity index (χ1v) is 13.7. The van der Waals surface area contributed by atoms with Crippen molar-refractivity contribution in [1.82, 2.24) is 9.80 Å². The molecule has 0 aliphatic carbocycles. The second-order valence-corrected chi connectivity index (χ2v) is 11.7. The van der Waals surface area contributed by atoms with Crippen molar-refractivity contribution in [3.63, 3.8) is 0 Å². The molecule has 200 valence electrons. The van der Waals surface area contributed by atoms with Crippen molar-refractivity contribution in [2.24, 2.45) is 5.41 Å². The molecule has 2 aliphatic heterocycles. The molecule has 4 rings (SSSR count). The maximum absolute atomic E-state index is 14.6. The fourth-order valence-corrected chi connectivity index (χ4v) is 6.64. The third kappa shape index (κ3) is 5.40. The molecule has 2 aromatic carbocycles. The number of hydrogen-bond acceptors (Lipinski definition) is 4. The average molecular weight is 548 g/mol. The van der Waals surface area contributed by atoms with Gasteiger partial charge in [-0.3, -0.25) is 14.5 Å². The van der Waals surface area contributed by atoms with E-state index in [1.165, 1.54) is 0 Å². The number of aliphatic carboxylic acids is 1. The number of hydrogen-bond donors (Lipinski definition) is 1. The molecule has 0 radical (unpaired) electrons. The van der Waals surface area contributed by atoms with Crippen molar-refractivity contribution in [3.05, 3.63) is 69.7 Å². The molecule has 37 heavy (non-hydrogen) atoms. The first-order valence-electron chi connectivity index (χ1n) is 12.9. The molecule has 0 bridgehead atoms. The van der Waals surface area contributed by atoms with Gasteiger partial charge in [-0.1, -0.05) is 61.3 Å². The Labute approximate surface area is 229 Å². The Bertz CT molecular complexity index is 1140. The third-order valence-electron chi connectivity index (χ3n) is 8.27. The number of nitrogens with zero attached hydrogens (tertiary/aromatic N) is 2. The van der Waals surface area contributed by atoms with E-state index in [4.69, 9.17) is 27.9 Å². The van der Waals surface area contributed by atoms with Crippen molar-refractivity contribution in [2.45, 2.75) is 70.6 Å². The predicted octanol–water partition coefficient (Wildman–Crippen LogP) is 6.38. The summed E-state index contributed by atoms with van der Waals surface area (Å²) in [7, 11) is 0. The largest absolute Gasteiger partial charge is 0.481 e. The minimum Gasteiger partial charge on any atom is -0.481 e. The standard InChI is InChI=1S/C29H36Cl2N2O4/c1-5-29(4,32-13-14-37-18-19(32)2)33-26(20-9-11-22(30)12-10-20)24(21-7-6-8-23(31)15-21)16-28(3,27(33)36)17-25(34)35/h6-12,15,19,24,26H,5,13-14,16-18H2,1-4H3,(H,34,35)/t19?,24-,26-,28-,29+/m1/s1. The van der Waals surface area contributed by atoms with Gasteiger partial charge in [0.2, 0.25) is 5.91 Å². The lowest BCUT2D eigenvalue weighted by atomic mass is 9.66. The van der Waals surface area contributed by atoms with E-state index in [1.54, 1.807) is 6.92 Å². The lowest BCUT2D eigenvalue weighted by molar-refractivity contribution is -0.188. The fourth-order valence-electron chi connectivity index (χ4n) is 6.31. The molecule has 2 saturated heterocycles. The predicted molar refractivity (Wildman–Crippen MR) is 146 cm³/mol. The molecular weight excluding hydrogens is 511 g/mol. The van der Waals surface area contributed by atoms with Gasteiger partial charge in [-0.15, -0.1) is 0 Å². The van der Waals surface area contributed by atoms with Gasteiger partial charge in [0.05, 0.1) is 36.8 Å². The lowest BCUT2D eigenvalue weighted by Crippen LogP contribution is -2.69. The van der Waals surface area contributed by atoms with Gasteiger partial charge in [0.15, 0.2) is 0 Å². The van der Waals surface area contributed by atoms with E-state index >= 15 is 0 Å². The van der Waals surface area contributed by atoms with Gasteiger partial charge in [-0.25, -0.2) is 0 Å². The summed E-state index contributed by atoms with van der Waals surface area (Å²) < 4.78 is 5.74. The van der Waals surface area contributed by atoms with E-state index in [0.29, 0.717) is 42.6 Å². The van der Waals surface area contributed by atoms with E-state index < -0.39 is 17.0 Å². The molecule has 0 saturated carbocycles. The van der Waals surface area contributed by atoms with E-state index in [0.717, 1.165) is 11.1 Å². The van der Waals surface area contributed by atoms with E-state index in [2.05, 4.69) is 25.7 Å². The van der Waals surface area contributed by atoms with Crippen LogP contribution in [0.25, 0.3) is 0 Å². The highest BCUT2D eigenvalue weighted by Gasteiger charge is 2.57. The number of piperidine rings is 1. The molecule has 6 nitrogen and oxygen atoms in total. The number of amides is 1. The number of carboxylic acids is 1. The number of benzene rings is 2. The highest BCUT2D eigenvalue weighted by molar-refractivity contribution is 6.30. The van der Waals surface area contributed by atoms with Crippen LogP contribution in [-0.2, 0) is 14.3 Å². The fraction of sp³-hybridized carbons (Fsp3) is 0.517. The Morgan fingerprint density at radius 2 is 1.86 bits per heavy atom. The van der Waals surface area contributed by atoms with Crippen LogP contribution in [0.4, 0.5) is 0 Å². The second-order valence-electron chi connectivity index (χ2n) is 10.9. The molecule has 0 spiro atoms. The van der Waals surface area contributed by atoms with Gasteiger partial charge < -0.3 is 14.7 Å². The summed E-state index contributed by atoms with van der Waals surface area (Å²) in [6.45, 7) is 9.95. The van der Waals surface area contributed by atoms with Crippen LogP contribution in [0.2, 0.25) is 10.0 Å². The van der Waals surface area contributed by atoms with Gasteiger partial charge in [0.1, 0.15) is 0 Å². The molecule has 0 aromatic heterocycles. The zero-order valence-corrected chi connectivity index (χ0v) is 23.4. The Kier molecular flexibility index (Phi) is 8.25. The Morgan fingerprint density at radius 3 is 2.46 bits per heavy atom. The maximum atomic E-state index is 14.6. The molecular formula is C29H36Cl2N2O4. The lowest BCUT2D eigenvalue weighted by Gasteiger charge is -2.60. The monoisotopic (exact) mass is 546 g/mol. The summed E-state index contributed by atoms with van der Waals surface area (Å²) >= 11 is 12.7. The summed E-state index contributed by atoms with van der Waals surface area (Å²) in [5.41, 5.74) is 0.172. The summed E-state index contributed by atoms with van der Waals surface area (Å²) in [6, 6.07) is 15.1. The van der Waals surface area contributed by atoms with Gasteiger partial charge in [-0.05, 0) is 62.1 Å². The third-order valence-corrected chi connectivity index (χ3v) is 8.76. The van der Waals surface area contributed by atoms with E-state index in [9.17, 15) is 14.7 Å². The number of ether oxygens (including phenoxy) is 1. The number of carboxylic acid groups (broad SMARTS) is 1. The number of likely N-dealkylation sites (tertiary alicyclic amines) is 1. The van der Waals surface area contributed by atoms with Crippen molar-refractivity contribution < 1.29 is 19.4 Å². The topological polar surface area (TPSA) is 70.1 Å². The van der Waals surface area contributed by atoms with Gasteiger partial charge in [0, 0.05) is 28.5 Å². The molecule has 1 unspecified atom stereocenters. The molecule has 1 amide bonds. The number of carbonyl (C=O) groups is 2. The minimum absolute atomic E-state index is 0.0923. The van der Waals surface area contributed by atoms with Crippen LogP contribution in [0.3, 0.4) is 0 Å². The summed E-state index contributed by atoms with van der Waals surface area (Å²) in [5.74, 6) is -1.30. The second kappa shape index (κ2) is 10.9. The summed E-state index contributed by atoms with van der Waals surface area (Å²) in [5, 5.41) is 11.1. The first kappa shape index (κ1) is 27.9. The first-order chi connectivity index (χ1) is 17.5. The minimum atomic E-state index is -1.09. The number of carbonyl (C=O) groups excluding carboxylic acids is 1. The number of rotatable bonds is 7. The molecule has 1 N–H and O–H groups in total. The van der Waals surface area contributed by atoms with Crippen LogP contribution in [0.15, 0.2) is 48.5 Å². The van der Waals surface area contributed by atoms with E-state index in [1.807, 2.05) is 53.4 Å². The Hall–Kier alpha value is -2.12. The molecule has 2 aliphatic rings. The molecule has 5 atom stereocenters. The van der Waals surface area contributed by atoms with Crippen molar-refractivity contribution >= 4 is 35.1 Å². The molecule has 2 aromatic rings. The van der Waals surface area contributed by atoms with Crippen molar-refractivity contribution in [1.29, 1.82) is 0 Å². The van der Waals surface area contributed by atoms with Crippen molar-refractivity contribution in [2.75, 3.05) is 19.8 Å². The highest BCUT2D eigenvalue weighted by Crippen LogP contribution is 2.54. The zero-order valence-electron chi connectivity index (χ0n) is 21.9. The van der Waals surface area contributed by atoms with Crippen LogP contribution in [-0.4, -0.2) is 58.2 Å². The zero-order chi connectivity index (χ0) is 27.0. The summed E-state index contributed by atoms with van der Waals surface area (Å²) in [6.07, 6.45) is 0.810. The van der Waals surface area contributed by atoms with Crippen LogP contribution < -0.4 is 0 Å². The Balaban J connectivity index is 1.96. The van der Waals surface area contributed by atoms with Crippen LogP contribution in [0.1, 0.15) is 70.0 Å². The molecule has 2 fully saturated rings. The van der Waals surface area contributed by atoms with Gasteiger partial charge in [-0.2, -0.15) is 0 Å². The van der Waals surface area contributed by atoms with Crippen LogP contribution in [0, 0.1) is 5.41 Å². The average Bonchev–Trinajstić information content (AvgIpc) is 2.85. The molecule has 8 heteroatoms. The normalized spacial score (nSPS) is 28.6. The number of morpholine rings is 1. The SMILES string of the molecule is CC[C@@](C)(N1CCOCC1C)N1C(=O)[C@@](C)(CC(=O)O)C[C@H](c2cccc(Cl)c2)[C@H]1c1ccc(Cl)cc1. The highest BCUT2D eigenvalue weighted by atomic mass is 35.5. The van der Waals surface area contributed by atoms with Crippen molar-refractivity contribution in [3.8, 4) is 0 Å². The summed E-state index contributed by atoms with van der Waals surface area (Å²) in [4.78, 5) is 31.0.